The highest BCUT2D eigenvalue weighted by atomic mass is 16.5. The molecule has 0 aromatic heterocycles. The SMILES string of the molecule is CCOc1ccccc1C(NN)C(C)OCC. The summed E-state index contributed by atoms with van der Waals surface area (Å²) in [4.78, 5) is 0. The van der Waals surface area contributed by atoms with Gasteiger partial charge in [-0.1, -0.05) is 18.2 Å². The van der Waals surface area contributed by atoms with Crippen molar-refractivity contribution in [1.29, 1.82) is 0 Å². The Hall–Kier alpha value is -1.10. The van der Waals surface area contributed by atoms with Crippen LogP contribution in [0.5, 0.6) is 5.75 Å². The van der Waals surface area contributed by atoms with E-state index in [0.717, 1.165) is 11.3 Å². The number of para-hydroxylation sites is 1. The molecule has 0 bridgehead atoms. The average Bonchev–Trinajstić information content (AvgIpc) is 2.33. The van der Waals surface area contributed by atoms with Crippen molar-refractivity contribution in [2.24, 2.45) is 5.84 Å². The second kappa shape index (κ2) is 7.27. The lowest BCUT2D eigenvalue weighted by molar-refractivity contribution is 0.0464. The molecular weight excluding hydrogens is 216 g/mol. The van der Waals surface area contributed by atoms with E-state index in [1.165, 1.54) is 0 Å². The molecule has 0 aliphatic carbocycles. The highest BCUT2D eigenvalue weighted by Crippen LogP contribution is 2.27. The predicted molar refractivity (Wildman–Crippen MR) is 68.8 cm³/mol. The van der Waals surface area contributed by atoms with Crippen molar-refractivity contribution in [3.05, 3.63) is 29.8 Å². The summed E-state index contributed by atoms with van der Waals surface area (Å²) in [6.07, 6.45) is -0.00777. The first kappa shape index (κ1) is 14.0. The summed E-state index contributed by atoms with van der Waals surface area (Å²) in [5, 5.41) is 0. The minimum Gasteiger partial charge on any atom is -0.494 e. The Morgan fingerprint density at radius 1 is 1.24 bits per heavy atom. The number of hydrazine groups is 1. The van der Waals surface area contributed by atoms with E-state index in [9.17, 15) is 0 Å². The van der Waals surface area contributed by atoms with Crippen LogP contribution in [0.4, 0.5) is 0 Å². The van der Waals surface area contributed by atoms with Crippen molar-refractivity contribution >= 4 is 0 Å². The van der Waals surface area contributed by atoms with Crippen LogP contribution in [0.1, 0.15) is 32.4 Å². The van der Waals surface area contributed by atoms with E-state index in [1.807, 2.05) is 45.0 Å². The van der Waals surface area contributed by atoms with Crippen LogP contribution in [0.15, 0.2) is 24.3 Å². The lowest BCUT2D eigenvalue weighted by Crippen LogP contribution is -2.36. The molecule has 0 spiro atoms. The standard InChI is InChI=1S/C13H22N2O2/c1-4-16-10(3)13(15-14)11-8-6-7-9-12(11)17-5-2/h6-10,13,15H,4-5,14H2,1-3H3. The van der Waals surface area contributed by atoms with Crippen molar-refractivity contribution in [2.75, 3.05) is 13.2 Å². The first-order chi connectivity index (χ1) is 8.24. The van der Waals surface area contributed by atoms with Crippen LogP contribution < -0.4 is 16.0 Å². The van der Waals surface area contributed by atoms with Crippen LogP contribution in [-0.2, 0) is 4.74 Å². The van der Waals surface area contributed by atoms with Crippen LogP contribution >= 0.6 is 0 Å². The number of rotatable bonds is 7. The molecule has 4 nitrogen and oxygen atoms in total. The van der Waals surface area contributed by atoms with Crippen molar-refractivity contribution in [2.45, 2.75) is 32.9 Å². The number of hydrogen-bond donors (Lipinski definition) is 2. The maximum Gasteiger partial charge on any atom is 0.124 e. The topological polar surface area (TPSA) is 56.5 Å². The minimum atomic E-state index is -0.0716. The Morgan fingerprint density at radius 2 is 1.94 bits per heavy atom. The lowest BCUT2D eigenvalue weighted by Gasteiger charge is -2.25. The van der Waals surface area contributed by atoms with E-state index in [2.05, 4.69) is 5.43 Å². The molecule has 1 aromatic carbocycles. The third-order valence-corrected chi connectivity index (χ3v) is 2.63. The van der Waals surface area contributed by atoms with Crippen LogP contribution in [0, 0.1) is 0 Å². The number of nitrogens with one attached hydrogen (secondary N) is 1. The molecule has 2 atom stereocenters. The fraction of sp³-hybridized carbons (Fsp3) is 0.538. The maximum atomic E-state index is 5.62. The Bertz CT molecular complexity index is 331. The van der Waals surface area contributed by atoms with Crippen molar-refractivity contribution in [1.82, 2.24) is 5.43 Å². The number of benzene rings is 1. The van der Waals surface area contributed by atoms with Gasteiger partial charge >= 0.3 is 0 Å². The fourth-order valence-corrected chi connectivity index (χ4v) is 1.86. The van der Waals surface area contributed by atoms with Crippen LogP contribution in [0.3, 0.4) is 0 Å². The zero-order chi connectivity index (χ0) is 12.7. The Kier molecular flexibility index (Phi) is 5.97. The van der Waals surface area contributed by atoms with E-state index < -0.39 is 0 Å². The number of nitrogens with two attached hydrogens (primary N) is 1. The van der Waals surface area contributed by atoms with E-state index >= 15 is 0 Å². The van der Waals surface area contributed by atoms with Gasteiger partial charge in [-0.05, 0) is 26.8 Å². The van der Waals surface area contributed by atoms with Gasteiger partial charge in [-0.25, -0.2) is 0 Å². The zero-order valence-corrected chi connectivity index (χ0v) is 10.8. The summed E-state index contributed by atoms with van der Waals surface area (Å²) in [5.74, 6) is 6.47. The smallest absolute Gasteiger partial charge is 0.124 e. The van der Waals surface area contributed by atoms with Gasteiger partial charge in [-0.3, -0.25) is 11.3 Å². The van der Waals surface area contributed by atoms with Gasteiger partial charge in [-0.15, -0.1) is 0 Å². The quantitative estimate of drug-likeness (QED) is 0.563. The second-order valence-electron chi connectivity index (χ2n) is 3.78. The van der Waals surface area contributed by atoms with Crippen LogP contribution in [0.2, 0.25) is 0 Å². The molecule has 1 aromatic rings. The summed E-state index contributed by atoms with van der Waals surface area (Å²) >= 11 is 0. The summed E-state index contributed by atoms with van der Waals surface area (Å²) in [6.45, 7) is 7.23. The van der Waals surface area contributed by atoms with Gasteiger partial charge in [0, 0.05) is 12.2 Å². The van der Waals surface area contributed by atoms with Crippen molar-refractivity contribution in [3.63, 3.8) is 0 Å². The van der Waals surface area contributed by atoms with Gasteiger partial charge in [0.15, 0.2) is 0 Å². The van der Waals surface area contributed by atoms with Gasteiger partial charge in [0.2, 0.25) is 0 Å². The molecule has 0 radical (unpaired) electrons. The summed E-state index contributed by atoms with van der Waals surface area (Å²) in [6, 6.07) is 7.80. The van der Waals surface area contributed by atoms with Gasteiger partial charge in [0.25, 0.3) is 0 Å². The minimum absolute atomic E-state index is 0.00777. The summed E-state index contributed by atoms with van der Waals surface area (Å²) in [5.41, 5.74) is 3.82. The first-order valence-electron chi connectivity index (χ1n) is 6.04. The molecule has 0 saturated carbocycles. The number of hydrogen-bond acceptors (Lipinski definition) is 4. The van der Waals surface area contributed by atoms with Gasteiger partial charge in [0.1, 0.15) is 5.75 Å². The molecule has 0 heterocycles. The molecule has 3 N–H and O–H groups in total. The molecule has 4 heteroatoms. The fourth-order valence-electron chi connectivity index (χ4n) is 1.86. The van der Waals surface area contributed by atoms with Crippen LogP contribution in [-0.4, -0.2) is 19.3 Å². The van der Waals surface area contributed by atoms with Gasteiger partial charge in [0.05, 0.1) is 18.8 Å². The highest BCUT2D eigenvalue weighted by Gasteiger charge is 2.21. The average molecular weight is 238 g/mol. The van der Waals surface area contributed by atoms with Crippen LogP contribution in [0.25, 0.3) is 0 Å². The van der Waals surface area contributed by atoms with Crippen molar-refractivity contribution < 1.29 is 9.47 Å². The molecule has 2 unspecified atom stereocenters. The predicted octanol–water partition coefficient (Wildman–Crippen LogP) is 2.01. The van der Waals surface area contributed by atoms with E-state index in [4.69, 9.17) is 15.3 Å². The molecule has 96 valence electrons. The van der Waals surface area contributed by atoms with Gasteiger partial charge in [-0.2, -0.15) is 0 Å². The molecule has 1 rings (SSSR count). The van der Waals surface area contributed by atoms with E-state index in [0.29, 0.717) is 13.2 Å². The molecule has 0 aliphatic heterocycles. The highest BCUT2D eigenvalue weighted by molar-refractivity contribution is 5.36. The summed E-state index contributed by atoms with van der Waals surface area (Å²) in [7, 11) is 0. The molecule has 0 saturated heterocycles. The molecule has 0 fully saturated rings. The van der Waals surface area contributed by atoms with Crippen molar-refractivity contribution in [3.8, 4) is 5.75 Å². The monoisotopic (exact) mass is 238 g/mol. The first-order valence-corrected chi connectivity index (χ1v) is 6.04. The molecular formula is C13H22N2O2. The normalized spacial score (nSPS) is 14.4. The third-order valence-electron chi connectivity index (χ3n) is 2.63. The molecule has 0 amide bonds. The Labute approximate surface area is 103 Å². The van der Waals surface area contributed by atoms with Gasteiger partial charge < -0.3 is 9.47 Å². The second-order valence-corrected chi connectivity index (χ2v) is 3.78. The van der Waals surface area contributed by atoms with E-state index in [-0.39, 0.29) is 12.1 Å². The largest absolute Gasteiger partial charge is 0.494 e. The Balaban J connectivity index is 2.93. The lowest BCUT2D eigenvalue weighted by atomic mass is 10.0. The summed E-state index contributed by atoms with van der Waals surface area (Å²) < 4.78 is 11.2. The molecule has 0 aliphatic rings. The number of ether oxygens (including phenoxy) is 2. The Morgan fingerprint density at radius 3 is 2.53 bits per heavy atom. The van der Waals surface area contributed by atoms with E-state index in [1.54, 1.807) is 0 Å². The zero-order valence-electron chi connectivity index (χ0n) is 10.8. The molecule has 17 heavy (non-hydrogen) atoms. The third kappa shape index (κ3) is 3.70. The maximum absolute atomic E-state index is 5.62.